The number of likely N-dealkylation sites (tertiary alicyclic amines) is 1. The van der Waals surface area contributed by atoms with Gasteiger partial charge in [0.1, 0.15) is 0 Å². The number of hydrogen-bond acceptors (Lipinski definition) is 2. The molecule has 0 aliphatic carbocycles. The molecule has 2 aromatic rings. The van der Waals surface area contributed by atoms with Gasteiger partial charge in [-0.05, 0) is 61.3 Å². The van der Waals surface area contributed by atoms with Crippen molar-refractivity contribution in [2.75, 3.05) is 13.1 Å². The normalized spacial score (nSPS) is 15.8. The zero-order valence-corrected chi connectivity index (χ0v) is 16.6. The monoisotopic (exact) mass is 410 g/mol. The van der Waals surface area contributed by atoms with Gasteiger partial charge in [0.05, 0.1) is 10.0 Å². The van der Waals surface area contributed by atoms with E-state index in [9.17, 15) is 4.79 Å². The van der Waals surface area contributed by atoms with Crippen molar-refractivity contribution >= 4 is 40.7 Å². The number of halogens is 3. The second-order valence-corrected chi connectivity index (χ2v) is 7.89. The molecule has 1 amide bonds. The molecule has 1 aliphatic heterocycles. The molecule has 138 valence electrons. The first-order valence-electron chi connectivity index (χ1n) is 8.69. The number of carbonyl (C=O) groups excluding carboxylic acids is 1. The van der Waals surface area contributed by atoms with Gasteiger partial charge in [0.25, 0.3) is 0 Å². The predicted molar refractivity (Wildman–Crippen MR) is 108 cm³/mol. The number of amides is 1. The van der Waals surface area contributed by atoms with E-state index < -0.39 is 0 Å². The predicted octanol–water partition coefficient (Wildman–Crippen LogP) is 5.18. The van der Waals surface area contributed by atoms with Crippen LogP contribution < -0.4 is 5.32 Å². The number of rotatable bonds is 5. The fourth-order valence-corrected chi connectivity index (χ4v) is 3.63. The van der Waals surface area contributed by atoms with Crippen molar-refractivity contribution in [1.29, 1.82) is 0 Å². The van der Waals surface area contributed by atoms with Crippen LogP contribution in [0, 0.1) is 5.92 Å². The lowest BCUT2D eigenvalue weighted by molar-refractivity contribution is -0.126. The average Bonchev–Trinajstić information content (AvgIpc) is 2.65. The maximum Gasteiger partial charge on any atom is 0.223 e. The van der Waals surface area contributed by atoms with Crippen LogP contribution in [0.2, 0.25) is 15.1 Å². The Labute approximate surface area is 169 Å². The number of nitrogens with zero attached hydrogens (tertiary/aromatic N) is 1. The molecule has 6 heteroatoms. The molecule has 0 aromatic heterocycles. The molecule has 0 unspecified atom stereocenters. The first kappa shape index (κ1) is 19.5. The van der Waals surface area contributed by atoms with Crippen molar-refractivity contribution in [1.82, 2.24) is 10.2 Å². The van der Waals surface area contributed by atoms with Crippen LogP contribution in [0.3, 0.4) is 0 Å². The van der Waals surface area contributed by atoms with E-state index in [1.165, 1.54) is 0 Å². The second kappa shape index (κ2) is 9.09. The highest BCUT2D eigenvalue weighted by atomic mass is 35.5. The molecule has 3 rings (SSSR count). The number of benzene rings is 2. The van der Waals surface area contributed by atoms with E-state index in [0.29, 0.717) is 21.6 Å². The summed E-state index contributed by atoms with van der Waals surface area (Å²) in [4.78, 5) is 14.7. The van der Waals surface area contributed by atoms with Crippen LogP contribution in [0.15, 0.2) is 42.5 Å². The zero-order valence-electron chi connectivity index (χ0n) is 14.4. The summed E-state index contributed by atoms with van der Waals surface area (Å²) in [6, 6.07) is 13.3. The minimum absolute atomic E-state index is 0.0763. The molecular weight excluding hydrogens is 391 g/mol. The van der Waals surface area contributed by atoms with Crippen LogP contribution in [0.1, 0.15) is 24.0 Å². The summed E-state index contributed by atoms with van der Waals surface area (Å²) in [5.41, 5.74) is 2.20. The highest BCUT2D eigenvalue weighted by Gasteiger charge is 2.24. The van der Waals surface area contributed by atoms with Crippen LogP contribution in [0.4, 0.5) is 0 Å². The van der Waals surface area contributed by atoms with Gasteiger partial charge in [0.2, 0.25) is 5.91 Å². The Morgan fingerprint density at radius 1 is 0.962 bits per heavy atom. The molecule has 0 bridgehead atoms. The van der Waals surface area contributed by atoms with Crippen LogP contribution in [-0.4, -0.2) is 23.9 Å². The standard InChI is InChI=1S/C20H21Cl3N2O/c21-17-4-1-14(2-5-17)12-24-20(26)16-7-9-25(10-8-16)13-15-3-6-18(22)19(23)11-15/h1-6,11,16H,7-10,12-13H2,(H,24,26). The molecule has 1 heterocycles. The van der Waals surface area contributed by atoms with Gasteiger partial charge in [-0.25, -0.2) is 0 Å². The summed E-state index contributed by atoms with van der Waals surface area (Å²) >= 11 is 17.9. The Balaban J connectivity index is 1.44. The summed E-state index contributed by atoms with van der Waals surface area (Å²) in [6.45, 7) is 3.17. The van der Waals surface area contributed by atoms with Crippen molar-refractivity contribution in [3.05, 3.63) is 68.7 Å². The molecule has 0 atom stereocenters. The average molecular weight is 412 g/mol. The van der Waals surface area contributed by atoms with E-state index in [2.05, 4.69) is 10.2 Å². The first-order valence-corrected chi connectivity index (χ1v) is 9.83. The third kappa shape index (κ3) is 5.37. The van der Waals surface area contributed by atoms with E-state index in [1.807, 2.05) is 42.5 Å². The van der Waals surface area contributed by atoms with E-state index >= 15 is 0 Å². The van der Waals surface area contributed by atoms with Crippen molar-refractivity contribution < 1.29 is 4.79 Å². The lowest BCUT2D eigenvalue weighted by Crippen LogP contribution is -2.40. The fourth-order valence-electron chi connectivity index (χ4n) is 3.19. The molecule has 26 heavy (non-hydrogen) atoms. The molecule has 0 spiro atoms. The molecule has 1 saturated heterocycles. The van der Waals surface area contributed by atoms with E-state index in [4.69, 9.17) is 34.8 Å². The topological polar surface area (TPSA) is 32.3 Å². The quantitative estimate of drug-likeness (QED) is 0.735. The minimum Gasteiger partial charge on any atom is -0.352 e. The Hall–Kier alpha value is -1.26. The van der Waals surface area contributed by atoms with Crippen molar-refractivity contribution in [2.45, 2.75) is 25.9 Å². The third-order valence-corrected chi connectivity index (χ3v) is 5.72. The maximum atomic E-state index is 12.4. The van der Waals surface area contributed by atoms with Gasteiger partial charge < -0.3 is 5.32 Å². The number of carbonyl (C=O) groups is 1. The van der Waals surface area contributed by atoms with Crippen LogP contribution in [-0.2, 0) is 17.9 Å². The Morgan fingerprint density at radius 2 is 1.62 bits per heavy atom. The summed E-state index contributed by atoms with van der Waals surface area (Å²) in [7, 11) is 0. The van der Waals surface area contributed by atoms with Crippen molar-refractivity contribution in [3.63, 3.8) is 0 Å². The molecule has 3 nitrogen and oxygen atoms in total. The lowest BCUT2D eigenvalue weighted by atomic mass is 9.95. The third-order valence-electron chi connectivity index (χ3n) is 4.73. The molecule has 0 radical (unpaired) electrons. The Morgan fingerprint density at radius 3 is 2.27 bits per heavy atom. The molecular formula is C20H21Cl3N2O. The molecule has 2 aromatic carbocycles. The summed E-state index contributed by atoms with van der Waals surface area (Å²) in [5, 5.41) is 4.90. The van der Waals surface area contributed by atoms with E-state index in [1.54, 1.807) is 0 Å². The molecule has 1 N–H and O–H groups in total. The van der Waals surface area contributed by atoms with Gasteiger partial charge in [-0.2, -0.15) is 0 Å². The maximum absolute atomic E-state index is 12.4. The van der Waals surface area contributed by atoms with Gasteiger partial charge in [0, 0.05) is 24.0 Å². The van der Waals surface area contributed by atoms with Crippen LogP contribution in [0.25, 0.3) is 0 Å². The van der Waals surface area contributed by atoms with E-state index in [0.717, 1.165) is 43.6 Å². The van der Waals surface area contributed by atoms with Crippen molar-refractivity contribution in [2.24, 2.45) is 5.92 Å². The molecule has 0 saturated carbocycles. The van der Waals surface area contributed by atoms with E-state index in [-0.39, 0.29) is 11.8 Å². The number of hydrogen-bond donors (Lipinski definition) is 1. The van der Waals surface area contributed by atoms with Gasteiger partial charge in [-0.1, -0.05) is 53.0 Å². The summed E-state index contributed by atoms with van der Waals surface area (Å²) in [5.74, 6) is 0.210. The summed E-state index contributed by atoms with van der Waals surface area (Å²) < 4.78 is 0. The fraction of sp³-hybridized carbons (Fsp3) is 0.350. The van der Waals surface area contributed by atoms with Gasteiger partial charge in [0.15, 0.2) is 0 Å². The van der Waals surface area contributed by atoms with Crippen LogP contribution in [0.5, 0.6) is 0 Å². The smallest absolute Gasteiger partial charge is 0.223 e. The minimum atomic E-state index is 0.0763. The lowest BCUT2D eigenvalue weighted by Gasteiger charge is -2.31. The molecule has 1 aliphatic rings. The highest BCUT2D eigenvalue weighted by molar-refractivity contribution is 6.42. The van der Waals surface area contributed by atoms with Crippen molar-refractivity contribution in [3.8, 4) is 0 Å². The first-order chi connectivity index (χ1) is 12.5. The highest BCUT2D eigenvalue weighted by Crippen LogP contribution is 2.25. The summed E-state index contributed by atoms with van der Waals surface area (Å²) in [6.07, 6.45) is 1.74. The van der Waals surface area contributed by atoms with Crippen LogP contribution >= 0.6 is 34.8 Å². The van der Waals surface area contributed by atoms with Gasteiger partial charge >= 0.3 is 0 Å². The Kier molecular flexibility index (Phi) is 6.82. The van der Waals surface area contributed by atoms with Gasteiger partial charge in [-0.3, -0.25) is 9.69 Å². The number of piperidine rings is 1. The Bertz CT molecular complexity index is 756. The molecule has 1 fully saturated rings. The van der Waals surface area contributed by atoms with Gasteiger partial charge in [-0.15, -0.1) is 0 Å². The number of nitrogens with one attached hydrogen (secondary N) is 1. The second-order valence-electron chi connectivity index (χ2n) is 6.64. The largest absolute Gasteiger partial charge is 0.352 e. The zero-order chi connectivity index (χ0) is 18.5. The SMILES string of the molecule is O=C(NCc1ccc(Cl)cc1)C1CCN(Cc2ccc(Cl)c(Cl)c2)CC1.